The number of likely N-dealkylation sites (tertiary alicyclic amines) is 1. The zero-order valence-corrected chi connectivity index (χ0v) is 19.4. The molecule has 0 saturated carbocycles. The number of rotatable bonds is 8. The van der Waals surface area contributed by atoms with Crippen molar-refractivity contribution in [2.24, 2.45) is 5.92 Å². The summed E-state index contributed by atoms with van der Waals surface area (Å²) in [6, 6.07) is 12.7. The highest BCUT2D eigenvalue weighted by Crippen LogP contribution is 2.16. The first-order valence-corrected chi connectivity index (χ1v) is 11.6. The van der Waals surface area contributed by atoms with Crippen LogP contribution in [-0.4, -0.2) is 41.9 Å². The van der Waals surface area contributed by atoms with Crippen LogP contribution < -0.4 is 10.6 Å². The van der Waals surface area contributed by atoms with E-state index >= 15 is 0 Å². The molecule has 7 heteroatoms. The Morgan fingerprint density at radius 2 is 1.72 bits per heavy atom. The molecule has 0 aromatic heterocycles. The van der Waals surface area contributed by atoms with Crippen LogP contribution in [0.5, 0.6) is 0 Å². The van der Waals surface area contributed by atoms with Gasteiger partial charge in [-0.3, -0.25) is 14.5 Å². The fourth-order valence-corrected chi connectivity index (χ4v) is 4.03. The second-order valence-corrected chi connectivity index (χ2v) is 8.97. The van der Waals surface area contributed by atoms with Crippen molar-refractivity contribution in [3.8, 4) is 0 Å². The second-order valence-electron chi connectivity index (χ2n) is 8.53. The molecule has 0 aliphatic carbocycles. The molecule has 1 fully saturated rings. The van der Waals surface area contributed by atoms with Gasteiger partial charge in [-0.1, -0.05) is 44.0 Å². The van der Waals surface area contributed by atoms with Gasteiger partial charge in [0.2, 0.25) is 5.91 Å². The SMILES string of the molecule is CCC(C)C(NC(=O)c1ccc(Cl)cc1)C(=O)NC1CCN(Cc2ccc(F)cc2)CC1. The summed E-state index contributed by atoms with van der Waals surface area (Å²) in [5.41, 5.74) is 1.56. The number of nitrogens with zero attached hydrogens (tertiary/aromatic N) is 1. The van der Waals surface area contributed by atoms with E-state index in [0.717, 1.165) is 44.5 Å². The average molecular weight is 460 g/mol. The van der Waals surface area contributed by atoms with Gasteiger partial charge in [-0.25, -0.2) is 4.39 Å². The largest absolute Gasteiger partial charge is 0.351 e. The zero-order chi connectivity index (χ0) is 23.1. The van der Waals surface area contributed by atoms with Gasteiger partial charge in [0, 0.05) is 36.3 Å². The smallest absolute Gasteiger partial charge is 0.251 e. The lowest BCUT2D eigenvalue weighted by atomic mass is 9.96. The van der Waals surface area contributed by atoms with Gasteiger partial charge in [-0.15, -0.1) is 0 Å². The topological polar surface area (TPSA) is 61.4 Å². The molecule has 1 aliphatic heterocycles. The molecule has 2 amide bonds. The van der Waals surface area contributed by atoms with Crippen molar-refractivity contribution < 1.29 is 14.0 Å². The van der Waals surface area contributed by atoms with Gasteiger partial charge in [0.25, 0.3) is 5.91 Å². The van der Waals surface area contributed by atoms with Gasteiger partial charge in [0.05, 0.1) is 0 Å². The molecule has 2 atom stereocenters. The van der Waals surface area contributed by atoms with E-state index in [1.807, 2.05) is 26.0 Å². The Balaban J connectivity index is 1.53. The van der Waals surface area contributed by atoms with Crippen LogP contribution in [0, 0.1) is 11.7 Å². The highest BCUT2D eigenvalue weighted by Gasteiger charge is 2.29. The molecule has 1 aliphatic rings. The van der Waals surface area contributed by atoms with Crippen molar-refractivity contribution in [3.05, 3.63) is 70.5 Å². The summed E-state index contributed by atoms with van der Waals surface area (Å²) in [4.78, 5) is 28.0. The molecular formula is C25H31ClFN3O2. The number of piperidine rings is 1. The molecule has 172 valence electrons. The van der Waals surface area contributed by atoms with Crippen LogP contribution in [0.25, 0.3) is 0 Å². The highest BCUT2D eigenvalue weighted by atomic mass is 35.5. The van der Waals surface area contributed by atoms with Crippen molar-refractivity contribution in [3.63, 3.8) is 0 Å². The van der Waals surface area contributed by atoms with Crippen molar-refractivity contribution in [2.45, 2.75) is 51.7 Å². The van der Waals surface area contributed by atoms with E-state index < -0.39 is 6.04 Å². The maximum absolute atomic E-state index is 13.1. The molecular weight excluding hydrogens is 429 g/mol. The van der Waals surface area contributed by atoms with E-state index in [4.69, 9.17) is 11.6 Å². The maximum atomic E-state index is 13.1. The van der Waals surface area contributed by atoms with E-state index in [2.05, 4.69) is 15.5 Å². The monoisotopic (exact) mass is 459 g/mol. The van der Waals surface area contributed by atoms with Crippen molar-refractivity contribution >= 4 is 23.4 Å². The predicted octanol–water partition coefficient (Wildman–Crippen LogP) is 4.40. The van der Waals surface area contributed by atoms with E-state index in [1.165, 1.54) is 12.1 Å². The minimum Gasteiger partial charge on any atom is -0.351 e. The molecule has 2 unspecified atom stereocenters. The van der Waals surface area contributed by atoms with Crippen molar-refractivity contribution in [1.82, 2.24) is 15.5 Å². The first-order chi connectivity index (χ1) is 15.4. The number of carbonyl (C=O) groups is 2. The Morgan fingerprint density at radius 3 is 2.31 bits per heavy atom. The molecule has 2 aromatic carbocycles. The van der Waals surface area contributed by atoms with Gasteiger partial charge < -0.3 is 10.6 Å². The lowest BCUT2D eigenvalue weighted by Crippen LogP contribution is -2.54. The molecule has 2 aromatic rings. The molecule has 1 saturated heterocycles. The van der Waals surface area contributed by atoms with Gasteiger partial charge in [-0.05, 0) is 60.7 Å². The molecule has 32 heavy (non-hydrogen) atoms. The van der Waals surface area contributed by atoms with Crippen LogP contribution in [0.3, 0.4) is 0 Å². The van der Waals surface area contributed by atoms with Crippen LogP contribution >= 0.6 is 11.6 Å². The van der Waals surface area contributed by atoms with E-state index in [-0.39, 0.29) is 29.6 Å². The summed E-state index contributed by atoms with van der Waals surface area (Å²) in [6.07, 6.45) is 2.45. The quantitative estimate of drug-likeness (QED) is 0.615. The zero-order valence-electron chi connectivity index (χ0n) is 18.6. The number of halogens is 2. The third-order valence-corrected chi connectivity index (χ3v) is 6.39. The molecule has 1 heterocycles. The van der Waals surface area contributed by atoms with E-state index in [1.54, 1.807) is 24.3 Å². The fraction of sp³-hybridized carbons (Fsp3) is 0.440. The lowest BCUT2D eigenvalue weighted by Gasteiger charge is -2.34. The summed E-state index contributed by atoms with van der Waals surface area (Å²) < 4.78 is 13.1. The summed E-state index contributed by atoms with van der Waals surface area (Å²) in [6.45, 7) is 6.46. The number of benzene rings is 2. The molecule has 3 rings (SSSR count). The van der Waals surface area contributed by atoms with Crippen molar-refractivity contribution in [2.75, 3.05) is 13.1 Å². The van der Waals surface area contributed by atoms with Gasteiger partial charge in [-0.2, -0.15) is 0 Å². The van der Waals surface area contributed by atoms with E-state index in [0.29, 0.717) is 10.6 Å². The summed E-state index contributed by atoms with van der Waals surface area (Å²) in [5.74, 6) is -0.645. The Bertz CT molecular complexity index is 896. The van der Waals surface area contributed by atoms with Gasteiger partial charge in [0.15, 0.2) is 0 Å². The molecule has 0 spiro atoms. The molecule has 2 N–H and O–H groups in total. The lowest BCUT2D eigenvalue weighted by molar-refractivity contribution is -0.125. The molecule has 0 radical (unpaired) electrons. The molecule has 5 nitrogen and oxygen atoms in total. The maximum Gasteiger partial charge on any atom is 0.251 e. The minimum absolute atomic E-state index is 0.00446. The van der Waals surface area contributed by atoms with Crippen LogP contribution in [0.2, 0.25) is 5.02 Å². The fourth-order valence-electron chi connectivity index (χ4n) is 3.90. The van der Waals surface area contributed by atoms with Crippen molar-refractivity contribution in [1.29, 1.82) is 0 Å². The number of hydrogen-bond acceptors (Lipinski definition) is 3. The first kappa shape index (κ1) is 24.2. The number of hydrogen-bond donors (Lipinski definition) is 2. The second kappa shape index (κ2) is 11.4. The summed E-state index contributed by atoms with van der Waals surface area (Å²) >= 11 is 5.90. The number of nitrogens with one attached hydrogen (secondary N) is 2. The third kappa shape index (κ3) is 6.78. The number of amides is 2. The summed E-state index contributed by atoms with van der Waals surface area (Å²) in [5, 5.41) is 6.60. The Morgan fingerprint density at radius 1 is 1.09 bits per heavy atom. The Hall–Kier alpha value is -2.44. The van der Waals surface area contributed by atoms with Crippen LogP contribution in [0.4, 0.5) is 4.39 Å². The summed E-state index contributed by atoms with van der Waals surface area (Å²) in [7, 11) is 0. The Labute approximate surface area is 194 Å². The van der Waals surface area contributed by atoms with Crippen LogP contribution in [0.1, 0.15) is 49.0 Å². The van der Waals surface area contributed by atoms with Crippen LogP contribution in [0.15, 0.2) is 48.5 Å². The van der Waals surface area contributed by atoms with Gasteiger partial charge >= 0.3 is 0 Å². The normalized spacial score (nSPS) is 16.9. The standard InChI is InChI=1S/C25H31ClFN3O2/c1-3-17(2)23(29-24(31)19-6-8-20(26)9-7-19)25(32)28-22-12-14-30(15-13-22)16-18-4-10-21(27)11-5-18/h4-11,17,22-23H,3,12-16H2,1-2H3,(H,28,32)(H,29,31). The third-order valence-electron chi connectivity index (χ3n) is 6.14. The Kier molecular flexibility index (Phi) is 8.65. The van der Waals surface area contributed by atoms with E-state index in [9.17, 15) is 14.0 Å². The minimum atomic E-state index is -0.597. The predicted molar refractivity (Wildman–Crippen MR) is 125 cm³/mol. The number of carbonyl (C=O) groups excluding carboxylic acids is 2. The average Bonchev–Trinajstić information content (AvgIpc) is 2.80. The molecule has 0 bridgehead atoms. The first-order valence-electron chi connectivity index (χ1n) is 11.2. The highest BCUT2D eigenvalue weighted by molar-refractivity contribution is 6.30. The van der Waals surface area contributed by atoms with Crippen LogP contribution in [-0.2, 0) is 11.3 Å². The van der Waals surface area contributed by atoms with Gasteiger partial charge in [0.1, 0.15) is 11.9 Å².